The van der Waals surface area contributed by atoms with E-state index in [2.05, 4.69) is 35.6 Å². The van der Waals surface area contributed by atoms with Crippen LogP contribution in [0, 0.1) is 5.92 Å². The summed E-state index contributed by atoms with van der Waals surface area (Å²) < 4.78 is 6.67. The van der Waals surface area contributed by atoms with Crippen LogP contribution in [0.4, 0.5) is 5.13 Å². The lowest BCUT2D eigenvalue weighted by atomic mass is 10.1. The standard InChI is InChI=1S/C18H18N2OS/c1-21-15-10-9-14(13-5-3-2-4-6-13)17-16(15)20-18(22-17)19-11-12-7-8-12/h2-6,9-10,12H,7-8,11H2,1H3,(H,19,20). The number of fused-ring (bicyclic) bond motifs is 1. The van der Waals surface area contributed by atoms with Crippen LogP contribution in [-0.4, -0.2) is 18.6 Å². The summed E-state index contributed by atoms with van der Waals surface area (Å²) in [6.07, 6.45) is 2.69. The summed E-state index contributed by atoms with van der Waals surface area (Å²) in [5, 5.41) is 4.47. The minimum Gasteiger partial charge on any atom is -0.494 e. The summed E-state index contributed by atoms with van der Waals surface area (Å²) >= 11 is 1.72. The number of anilines is 1. The van der Waals surface area contributed by atoms with Crippen molar-refractivity contribution in [1.82, 2.24) is 4.98 Å². The van der Waals surface area contributed by atoms with Crippen molar-refractivity contribution in [3.63, 3.8) is 0 Å². The fourth-order valence-electron chi connectivity index (χ4n) is 2.62. The van der Waals surface area contributed by atoms with Crippen molar-refractivity contribution in [2.45, 2.75) is 12.8 Å². The zero-order chi connectivity index (χ0) is 14.9. The highest BCUT2D eigenvalue weighted by Gasteiger charge is 2.21. The summed E-state index contributed by atoms with van der Waals surface area (Å²) in [7, 11) is 1.70. The molecule has 1 aliphatic carbocycles. The monoisotopic (exact) mass is 310 g/mol. The van der Waals surface area contributed by atoms with E-state index in [-0.39, 0.29) is 0 Å². The molecule has 3 aromatic rings. The molecule has 0 bridgehead atoms. The Bertz CT molecular complexity index is 793. The summed E-state index contributed by atoms with van der Waals surface area (Å²) in [6, 6.07) is 14.6. The Balaban J connectivity index is 1.79. The fraction of sp³-hybridized carbons (Fsp3) is 0.278. The SMILES string of the molecule is COc1ccc(-c2ccccc2)c2sc(NCC3CC3)nc12. The quantitative estimate of drug-likeness (QED) is 0.735. The Kier molecular flexibility index (Phi) is 3.47. The van der Waals surface area contributed by atoms with Crippen molar-refractivity contribution in [3.8, 4) is 16.9 Å². The highest BCUT2D eigenvalue weighted by atomic mass is 32.1. The molecule has 0 saturated heterocycles. The molecule has 0 amide bonds. The zero-order valence-corrected chi connectivity index (χ0v) is 13.3. The van der Waals surface area contributed by atoms with E-state index in [0.717, 1.165) is 28.9 Å². The molecular weight excluding hydrogens is 292 g/mol. The number of nitrogens with zero attached hydrogens (tertiary/aromatic N) is 1. The number of ether oxygens (including phenoxy) is 1. The van der Waals surface area contributed by atoms with Gasteiger partial charge in [0, 0.05) is 12.1 Å². The molecule has 4 heteroatoms. The number of rotatable bonds is 5. The normalized spacial score (nSPS) is 14.2. The van der Waals surface area contributed by atoms with Gasteiger partial charge in [0.05, 0.1) is 11.8 Å². The zero-order valence-electron chi connectivity index (χ0n) is 12.5. The maximum atomic E-state index is 5.49. The Morgan fingerprint density at radius 3 is 2.73 bits per heavy atom. The van der Waals surface area contributed by atoms with Crippen LogP contribution >= 0.6 is 11.3 Å². The molecule has 0 aliphatic heterocycles. The van der Waals surface area contributed by atoms with E-state index in [0.29, 0.717) is 0 Å². The molecule has 1 fully saturated rings. The Labute approximate surface area is 134 Å². The molecular formula is C18H18N2OS. The van der Waals surface area contributed by atoms with E-state index in [1.807, 2.05) is 12.1 Å². The van der Waals surface area contributed by atoms with Crippen molar-refractivity contribution in [3.05, 3.63) is 42.5 Å². The molecule has 1 aromatic heterocycles. The van der Waals surface area contributed by atoms with E-state index in [9.17, 15) is 0 Å². The molecule has 1 saturated carbocycles. The molecule has 0 unspecified atom stereocenters. The van der Waals surface area contributed by atoms with Crippen molar-refractivity contribution in [2.75, 3.05) is 19.0 Å². The van der Waals surface area contributed by atoms with Crippen LogP contribution < -0.4 is 10.1 Å². The van der Waals surface area contributed by atoms with Crippen LogP contribution in [-0.2, 0) is 0 Å². The van der Waals surface area contributed by atoms with Crippen molar-refractivity contribution in [1.29, 1.82) is 0 Å². The minimum absolute atomic E-state index is 0.836. The van der Waals surface area contributed by atoms with Gasteiger partial charge < -0.3 is 10.1 Å². The summed E-state index contributed by atoms with van der Waals surface area (Å²) in [5.41, 5.74) is 3.38. The summed E-state index contributed by atoms with van der Waals surface area (Å²) in [4.78, 5) is 4.75. The van der Waals surface area contributed by atoms with Gasteiger partial charge in [0.25, 0.3) is 0 Å². The number of benzene rings is 2. The van der Waals surface area contributed by atoms with E-state index in [4.69, 9.17) is 9.72 Å². The average molecular weight is 310 g/mol. The summed E-state index contributed by atoms with van der Waals surface area (Å²) in [6.45, 7) is 1.03. The molecule has 1 N–H and O–H groups in total. The van der Waals surface area contributed by atoms with Gasteiger partial charge in [0.1, 0.15) is 11.3 Å². The maximum absolute atomic E-state index is 5.49. The molecule has 0 radical (unpaired) electrons. The van der Waals surface area contributed by atoms with E-state index in [1.165, 1.54) is 28.7 Å². The lowest BCUT2D eigenvalue weighted by Gasteiger charge is -2.05. The van der Waals surface area contributed by atoms with Crippen LogP contribution in [0.25, 0.3) is 21.3 Å². The third-order valence-electron chi connectivity index (χ3n) is 4.05. The largest absolute Gasteiger partial charge is 0.494 e. The highest BCUT2D eigenvalue weighted by Crippen LogP contribution is 2.40. The topological polar surface area (TPSA) is 34.1 Å². The summed E-state index contributed by atoms with van der Waals surface area (Å²) in [5.74, 6) is 1.67. The van der Waals surface area contributed by atoms with Crippen LogP contribution in [0.1, 0.15) is 12.8 Å². The van der Waals surface area contributed by atoms with Gasteiger partial charge in [-0.05, 0) is 36.5 Å². The number of methoxy groups -OCH3 is 1. The number of thiazole rings is 1. The van der Waals surface area contributed by atoms with Gasteiger partial charge in [-0.1, -0.05) is 41.7 Å². The minimum atomic E-state index is 0.836. The van der Waals surface area contributed by atoms with Crippen molar-refractivity contribution >= 4 is 26.7 Å². The molecule has 0 atom stereocenters. The molecule has 3 nitrogen and oxygen atoms in total. The molecule has 0 spiro atoms. The van der Waals surface area contributed by atoms with Gasteiger partial charge in [-0.25, -0.2) is 4.98 Å². The Hall–Kier alpha value is -2.07. The first kappa shape index (κ1) is 13.6. The smallest absolute Gasteiger partial charge is 0.183 e. The second kappa shape index (κ2) is 5.61. The van der Waals surface area contributed by atoms with Gasteiger partial charge in [0.15, 0.2) is 5.13 Å². The van der Waals surface area contributed by atoms with Crippen LogP contribution in [0.15, 0.2) is 42.5 Å². The fourth-order valence-corrected chi connectivity index (χ4v) is 3.65. The molecule has 2 aromatic carbocycles. The predicted molar refractivity (Wildman–Crippen MR) is 92.8 cm³/mol. The Morgan fingerprint density at radius 1 is 1.18 bits per heavy atom. The lowest BCUT2D eigenvalue weighted by molar-refractivity contribution is 0.419. The number of nitrogens with one attached hydrogen (secondary N) is 1. The maximum Gasteiger partial charge on any atom is 0.183 e. The third-order valence-corrected chi connectivity index (χ3v) is 5.10. The molecule has 1 aliphatic rings. The van der Waals surface area contributed by atoms with Gasteiger partial charge in [-0.3, -0.25) is 0 Å². The third kappa shape index (κ3) is 2.55. The average Bonchev–Trinajstić information content (AvgIpc) is 3.30. The highest BCUT2D eigenvalue weighted by molar-refractivity contribution is 7.22. The first-order valence-corrected chi connectivity index (χ1v) is 8.43. The van der Waals surface area contributed by atoms with Gasteiger partial charge in [-0.2, -0.15) is 0 Å². The predicted octanol–water partition coefficient (Wildman–Crippen LogP) is 4.79. The molecule has 112 valence electrons. The van der Waals surface area contributed by atoms with Crippen LogP contribution in [0.3, 0.4) is 0 Å². The number of hydrogen-bond acceptors (Lipinski definition) is 4. The van der Waals surface area contributed by atoms with Crippen LogP contribution in [0.5, 0.6) is 5.75 Å². The van der Waals surface area contributed by atoms with Crippen molar-refractivity contribution in [2.24, 2.45) is 5.92 Å². The van der Waals surface area contributed by atoms with E-state index >= 15 is 0 Å². The second-order valence-corrected chi connectivity index (χ2v) is 6.70. The molecule has 1 heterocycles. The molecule has 4 rings (SSSR count). The van der Waals surface area contributed by atoms with E-state index in [1.54, 1.807) is 18.4 Å². The second-order valence-electron chi connectivity index (χ2n) is 5.70. The Morgan fingerprint density at radius 2 is 2.00 bits per heavy atom. The first-order valence-electron chi connectivity index (χ1n) is 7.62. The number of aromatic nitrogens is 1. The van der Waals surface area contributed by atoms with Gasteiger partial charge in [0.2, 0.25) is 0 Å². The van der Waals surface area contributed by atoms with E-state index < -0.39 is 0 Å². The van der Waals surface area contributed by atoms with Gasteiger partial charge in [-0.15, -0.1) is 0 Å². The van der Waals surface area contributed by atoms with Crippen molar-refractivity contribution < 1.29 is 4.74 Å². The van der Waals surface area contributed by atoms with Crippen LogP contribution in [0.2, 0.25) is 0 Å². The lowest BCUT2D eigenvalue weighted by Crippen LogP contribution is -2.02. The first-order chi connectivity index (χ1) is 10.8. The molecule has 22 heavy (non-hydrogen) atoms. The number of hydrogen-bond donors (Lipinski definition) is 1. The van der Waals surface area contributed by atoms with Gasteiger partial charge >= 0.3 is 0 Å².